The minimum Gasteiger partial charge on any atom is -0.480 e. The van der Waals surface area contributed by atoms with Crippen molar-refractivity contribution in [1.29, 1.82) is 0 Å². The largest absolute Gasteiger partial charge is 0.480 e. The summed E-state index contributed by atoms with van der Waals surface area (Å²) in [6.07, 6.45) is -0.175. The van der Waals surface area contributed by atoms with Crippen molar-refractivity contribution in [3.8, 4) is 0 Å². The molecular formula is C6H11NO3S. The minimum absolute atomic E-state index is 0.0398. The molecule has 0 aromatic heterocycles. The molecule has 0 heterocycles. The smallest absolute Gasteiger partial charge is 0.324 e. The molecule has 0 radical (unpaired) electrons. The van der Waals surface area contributed by atoms with Crippen molar-refractivity contribution >= 4 is 24.4 Å². The number of thiol groups is 1. The van der Waals surface area contributed by atoms with Gasteiger partial charge in [0, 0.05) is 12.2 Å². The molecule has 3 N–H and O–H groups in total. The zero-order valence-corrected chi connectivity index (χ0v) is 7.10. The summed E-state index contributed by atoms with van der Waals surface area (Å²) in [7, 11) is 0. The van der Waals surface area contributed by atoms with E-state index in [1.54, 1.807) is 0 Å². The highest BCUT2D eigenvalue weighted by Gasteiger charge is 2.33. The molecule has 0 aliphatic rings. The van der Waals surface area contributed by atoms with E-state index in [-0.39, 0.29) is 18.0 Å². The number of carboxylic acids is 1. The van der Waals surface area contributed by atoms with Gasteiger partial charge in [0.2, 0.25) is 0 Å². The Morgan fingerprint density at radius 1 is 1.64 bits per heavy atom. The first-order valence-corrected chi connectivity index (χ1v) is 3.68. The maximum atomic E-state index is 10.5. The summed E-state index contributed by atoms with van der Waals surface area (Å²) in [5, 5.41) is 8.56. The van der Waals surface area contributed by atoms with Crippen LogP contribution < -0.4 is 5.73 Å². The van der Waals surface area contributed by atoms with Crippen LogP contribution in [0.1, 0.15) is 13.3 Å². The molecule has 0 fully saturated rings. The number of hydrogen-bond acceptors (Lipinski definition) is 4. The molecule has 0 aromatic carbocycles. The van der Waals surface area contributed by atoms with Crippen LogP contribution in [0.4, 0.5) is 0 Å². The summed E-state index contributed by atoms with van der Waals surface area (Å²) in [6, 6.07) is 0. The second kappa shape index (κ2) is 3.73. The molecule has 0 bridgehead atoms. The molecule has 4 nitrogen and oxygen atoms in total. The van der Waals surface area contributed by atoms with Crippen LogP contribution in [-0.4, -0.2) is 28.2 Å². The third-order valence-electron chi connectivity index (χ3n) is 1.27. The maximum Gasteiger partial charge on any atom is 0.324 e. The van der Waals surface area contributed by atoms with Gasteiger partial charge in [-0.1, -0.05) is 0 Å². The van der Waals surface area contributed by atoms with E-state index in [0.29, 0.717) is 0 Å². The van der Waals surface area contributed by atoms with Crippen molar-refractivity contribution in [3.05, 3.63) is 0 Å². The van der Waals surface area contributed by atoms with Crippen molar-refractivity contribution in [3.63, 3.8) is 0 Å². The molecule has 0 aromatic rings. The van der Waals surface area contributed by atoms with Crippen molar-refractivity contribution in [2.24, 2.45) is 5.73 Å². The van der Waals surface area contributed by atoms with Crippen molar-refractivity contribution in [1.82, 2.24) is 0 Å². The molecule has 0 rings (SSSR count). The standard InChI is InChI=1S/C6H11NO3S/c1-4(8)2-6(7,3-11)5(9)10/h11H,2-3,7H2,1H3,(H,9,10). The van der Waals surface area contributed by atoms with E-state index in [2.05, 4.69) is 12.6 Å². The van der Waals surface area contributed by atoms with Gasteiger partial charge in [0.05, 0.1) is 0 Å². The first kappa shape index (κ1) is 10.4. The molecule has 1 atom stereocenters. The van der Waals surface area contributed by atoms with Crippen molar-refractivity contribution in [2.45, 2.75) is 18.9 Å². The third-order valence-corrected chi connectivity index (χ3v) is 1.84. The number of nitrogens with two attached hydrogens (primary N) is 1. The van der Waals surface area contributed by atoms with Gasteiger partial charge < -0.3 is 10.8 Å². The average molecular weight is 177 g/mol. The highest BCUT2D eigenvalue weighted by molar-refractivity contribution is 7.80. The molecule has 64 valence electrons. The van der Waals surface area contributed by atoms with Crippen molar-refractivity contribution in [2.75, 3.05) is 5.75 Å². The molecule has 1 unspecified atom stereocenters. The fraction of sp³-hybridized carbons (Fsp3) is 0.667. The van der Waals surface area contributed by atoms with E-state index in [0.717, 1.165) is 0 Å². The van der Waals surface area contributed by atoms with E-state index < -0.39 is 11.5 Å². The monoisotopic (exact) mass is 177 g/mol. The van der Waals surface area contributed by atoms with Gasteiger partial charge in [0.1, 0.15) is 11.3 Å². The van der Waals surface area contributed by atoms with Crippen LogP contribution in [0.15, 0.2) is 0 Å². The Kier molecular flexibility index (Phi) is 3.54. The number of hydrogen-bond donors (Lipinski definition) is 3. The lowest BCUT2D eigenvalue weighted by molar-refractivity contribution is -0.144. The first-order valence-electron chi connectivity index (χ1n) is 3.05. The number of carboxylic acid groups (broad SMARTS) is 1. The van der Waals surface area contributed by atoms with E-state index in [1.807, 2.05) is 0 Å². The summed E-state index contributed by atoms with van der Waals surface area (Å²) in [6.45, 7) is 1.30. The predicted octanol–water partition coefficient (Wildman–Crippen LogP) is -0.323. The average Bonchev–Trinajstić information content (AvgIpc) is 1.86. The lowest BCUT2D eigenvalue weighted by atomic mass is 9.97. The van der Waals surface area contributed by atoms with Crippen LogP contribution in [0.3, 0.4) is 0 Å². The highest BCUT2D eigenvalue weighted by atomic mass is 32.1. The Labute approximate surface area is 70.2 Å². The second-order valence-corrected chi connectivity index (χ2v) is 2.81. The summed E-state index contributed by atoms with van der Waals surface area (Å²) < 4.78 is 0. The van der Waals surface area contributed by atoms with Crippen LogP contribution in [0.25, 0.3) is 0 Å². The van der Waals surface area contributed by atoms with E-state index in [4.69, 9.17) is 10.8 Å². The molecule has 0 saturated carbocycles. The quantitative estimate of drug-likeness (QED) is 0.514. The lowest BCUT2D eigenvalue weighted by Gasteiger charge is -2.20. The molecule has 0 aliphatic heterocycles. The zero-order valence-electron chi connectivity index (χ0n) is 6.20. The predicted molar refractivity (Wildman–Crippen MR) is 43.7 cm³/mol. The topological polar surface area (TPSA) is 80.4 Å². The highest BCUT2D eigenvalue weighted by Crippen LogP contribution is 2.09. The molecular weight excluding hydrogens is 166 g/mol. The Bertz CT molecular complexity index is 183. The van der Waals surface area contributed by atoms with E-state index in [9.17, 15) is 9.59 Å². The Balaban J connectivity index is 4.34. The molecule has 0 saturated heterocycles. The van der Waals surface area contributed by atoms with Crippen LogP contribution in [-0.2, 0) is 9.59 Å². The van der Waals surface area contributed by atoms with Gasteiger partial charge in [-0.3, -0.25) is 9.59 Å². The van der Waals surface area contributed by atoms with Crippen LogP contribution in [0.2, 0.25) is 0 Å². The number of aliphatic carboxylic acids is 1. The maximum absolute atomic E-state index is 10.5. The number of rotatable bonds is 4. The van der Waals surface area contributed by atoms with Gasteiger partial charge in [0.25, 0.3) is 0 Å². The van der Waals surface area contributed by atoms with Gasteiger partial charge in [-0.05, 0) is 6.92 Å². The fourth-order valence-electron chi connectivity index (χ4n) is 0.643. The zero-order chi connectivity index (χ0) is 9.07. The van der Waals surface area contributed by atoms with E-state index in [1.165, 1.54) is 6.92 Å². The number of carbonyl (C=O) groups excluding carboxylic acids is 1. The van der Waals surface area contributed by atoms with Crippen molar-refractivity contribution < 1.29 is 14.7 Å². The summed E-state index contributed by atoms with van der Waals surface area (Å²) >= 11 is 3.76. The Hall–Kier alpha value is -0.550. The SMILES string of the molecule is CC(=O)CC(N)(CS)C(=O)O. The minimum atomic E-state index is -1.51. The second-order valence-electron chi connectivity index (χ2n) is 2.50. The van der Waals surface area contributed by atoms with Gasteiger partial charge in [0.15, 0.2) is 0 Å². The fourth-order valence-corrected chi connectivity index (χ4v) is 0.890. The molecule has 0 amide bonds. The number of ketones is 1. The number of Topliss-reactive ketones (excluding diaryl/α,β-unsaturated/α-hetero) is 1. The summed E-state index contributed by atoms with van der Waals surface area (Å²) in [5.74, 6) is -1.48. The Morgan fingerprint density at radius 3 is 2.18 bits per heavy atom. The van der Waals surface area contributed by atoms with Crippen LogP contribution in [0.5, 0.6) is 0 Å². The molecule has 0 aliphatic carbocycles. The lowest BCUT2D eigenvalue weighted by Crippen LogP contribution is -2.51. The summed E-state index contributed by atoms with van der Waals surface area (Å²) in [5.41, 5.74) is 3.84. The summed E-state index contributed by atoms with van der Waals surface area (Å²) in [4.78, 5) is 21.0. The normalized spacial score (nSPS) is 15.5. The van der Waals surface area contributed by atoms with E-state index >= 15 is 0 Å². The van der Waals surface area contributed by atoms with Gasteiger partial charge in [-0.2, -0.15) is 12.6 Å². The van der Waals surface area contributed by atoms with Gasteiger partial charge >= 0.3 is 5.97 Å². The third kappa shape index (κ3) is 2.90. The molecule has 0 spiro atoms. The van der Waals surface area contributed by atoms with Crippen LogP contribution >= 0.6 is 12.6 Å². The Morgan fingerprint density at radius 2 is 2.09 bits per heavy atom. The molecule has 11 heavy (non-hydrogen) atoms. The van der Waals surface area contributed by atoms with Gasteiger partial charge in [-0.25, -0.2) is 0 Å². The first-order chi connectivity index (χ1) is 4.92. The van der Waals surface area contributed by atoms with Crippen LogP contribution in [0, 0.1) is 0 Å². The number of carbonyl (C=O) groups is 2. The molecule has 5 heteroatoms. The van der Waals surface area contributed by atoms with Gasteiger partial charge in [-0.15, -0.1) is 0 Å².